The highest BCUT2D eigenvalue weighted by Gasteiger charge is 2.24. The third-order valence-electron chi connectivity index (χ3n) is 4.70. The molecule has 1 saturated heterocycles. The van der Waals surface area contributed by atoms with Gasteiger partial charge in [0.15, 0.2) is 6.29 Å². The Balaban J connectivity index is 1.54. The molecular formula is C20H25NO3. The summed E-state index contributed by atoms with van der Waals surface area (Å²) in [6.45, 7) is 3.69. The number of hydrogen-bond acceptors (Lipinski definition) is 3. The molecule has 3 rings (SSSR count). The van der Waals surface area contributed by atoms with Crippen molar-refractivity contribution in [2.75, 3.05) is 26.8 Å². The van der Waals surface area contributed by atoms with Crippen LogP contribution < -0.4 is 0 Å². The lowest BCUT2D eigenvalue weighted by Gasteiger charge is -2.30. The monoisotopic (exact) mass is 327 g/mol. The first-order valence-corrected chi connectivity index (χ1v) is 8.57. The lowest BCUT2D eigenvalue weighted by atomic mass is 9.94. The van der Waals surface area contributed by atoms with Crippen LogP contribution in [0, 0.1) is 0 Å². The summed E-state index contributed by atoms with van der Waals surface area (Å²) in [6, 6.07) is 14.8. The highest BCUT2D eigenvalue weighted by atomic mass is 16.7. The topological polar surface area (TPSA) is 38.8 Å². The van der Waals surface area contributed by atoms with E-state index in [2.05, 4.69) is 42.5 Å². The quantitative estimate of drug-likeness (QED) is 0.843. The van der Waals surface area contributed by atoms with Gasteiger partial charge in [-0.3, -0.25) is 4.79 Å². The number of fused-ring (bicyclic) bond motifs is 1. The zero-order chi connectivity index (χ0) is 16.9. The summed E-state index contributed by atoms with van der Waals surface area (Å²) in [5.74, 6) is 0.365. The molecule has 4 heteroatoms. The Morgan fingerprint density at radius 3 is 2.58 bits per heavy atom. The number of ether oxygens (including phenoxy) is 2. The summed E-state index contributed by atoms with van der Waals surface area (Å²) in [6.07, 6.45) is 1.55. The van der Waals surface area contributed by atoms with Crippen molar-refractivity contribution in [3.8, 4) is 0 Å². The van der Waals surface area contributed by atoms with Crippen LogP contribution >= 0.6 is 0 Å². The predicted molar refractivity (Wildman–Crippen MR) is 94.9 cm³/mol. The average molecular weight is 327 g/mol. The summed E-state index contributed by atoms with van der Waals surface area (Å²) < 4.78 is 11.8. The van der Waals surface area contributed by atoms with E-state index in [-0.39, 0.29) is 18.1 Å². The van der Waals surface area contributed by atoms with E-state index in [9.17, 15) is 4.79 Å². The molecule has 0 unspecified atom stereocenters. The van der Waals surface area contributed by atoms with Gasteiger partial charge in [0.1, 0.15) is 0 Å². The zero-order valence-corrected chi connectivity index (χ0v) is 14.4. The number of carbonyl (C=O) groups is 1. The first kappa shape index (κ1) is 16.9. The number of nitrogens with zero attached hydrogens (tertiary/aromatic N) is 1. The maximum Gasteiger partial charge on any atom is 0.219 e. The van der Waals surface area contributed by atoms with Crippen molar-refractivity contribution in [3.05, 3.63) is 48.0 Å². The van der Waals surface area contributed by atoms with Crippen LogP contribution in [0.15, 0.2) is 42.5 Å². The Kier molecular flexibility index (Phi) is 5.48. The Morgan fingerprint density at radius 1 is 1.12 bits per heavy atom. The molecule has 0 aliphatic carbocycles. The molecule has 1 heterocycles. The average Bonchev–Trinajstić information content (AvgIpc) is 2.61. The smallest absolute Gasteiger partial charge is 0.219 e. The molecule has 0 spiro atoms. The molecule has 0 aromatic heterocycles. The summed E-state index contributed by atoms with van der Waals surface area (Å²) >= 11 is 0. The van der Waals surface area contributed by atoms with Crippen molar-refractivity contribution in [1.29, 1.82) is 0 Å². The molecule has 0 N–H and O–H groups in total. The van der Waals surface area contributed by atoms with Gasteiger partial charge in [0.25, 0.3) is 0 Å². The minimum Gasteiger partial charge on any atom is -0.352 e. The normalized spacial score (nSPS) is 20.9. The van der Waals surface area contributed by atoms with E-state index in [0.717, 1.165) is 19.4 Å². The highest BCUT2D eigenvalue weighted by molar-refractivity contribution is 5.86. The Hall–Kier alpha value is -1.91. The van der Waals surface area contributed by atoms with E-state index in [0.29, 0.717) is 13.2 Å². The third kappa shape index (κ3) is 3.94. The van der Waals surface area contributed by atoms with Crippen molar-refractivity contribution in [2.24, 2.45) is 0 Å². The fourth-order valence-electron chi connectivity index (χ4n) is 3.15. The van der Waals surface area contributed by atoms with Crippen LogP contribution in [0.4, 0.5) is 0 Å². The Bertz CT molecular complexity index is 687. The van der Waals surface area contributed by atoms with Crippen LogP contribution in [0.3, 0.4) is 0 Å². The van der Waals surface area contributed by atoms with Crippen LogP contribution in [-0.4, -0.2) is 43.9 Å². The van der Waals surface area contributed by atoms with E-state index in [1.54, 1.807) is 11.8 Å². The van der Waals surface area contributed by atoms with Gasteiger partial charge in [0.2, 0.25) is 5.91 Å². The van der Waals surface area contributed by atoms with E-state index >= 15 is 0 Å². The number of hydrogen-bond donors (Lipinski definition) is 0. The lowest BCUT2D eigenvalue weighted by Crippen LogP contribution is -2.32. The van der Waals surface area contributed by atoms with E-state index in [4.69, 9.17) is 9.47 Å². The minimum absolute atomic E-state index is 0.0940. The number of benzene rings is 2. The van der Waals surface area contributed by atoms with Crippen LogP contribution in [-0.2, 0) is 14.3 Å². The van der Waals surface area contributed by atoms with E-state index in [1.165, 1.54) is 16.3 Å². The fourth-order valence-corrected chi connectivity index (χ4v) is 3.15. The molecule has 0 saturated carbocycles. The summed E-state index contributed by atoms with van der Waals surface area (Å²) in [4.78, 5) is 12.9. The molecule has 1 aliphatic rings. The molecule has 24 heavy (non-hydrogen) atoms. The lowest BCUT2D eigenvalue weighted by molar-refractivity contribution is -0.190. The molecular weight excluding hydrogens is 302 g/mol. The van der Waals surface area contributed by atoms with Crippen molar-refractivity contribution in [2.45, 2.75) is 32.0 Å². The molecule has 1 amide bonds. The van der Waals surface area contributed by atoms with Gasteiger partial charge in [-0.1, -0.05) is 42.5 Å². The Morgan fingerprint density at radius 2 is 1.83 bits per heavy atom. The van der Waals surface area contributed by atoms with Crippen LogP contribution in [0.25, 0.3) is 10.8 Å². The minimum atomic E-state index is -0.156. The third-order valence-corrected chi connectivity index (χ3v) is 4.70. The number of rotatable bonds is 5. The Labute approximate surface area is 143 Å². The zero-order valence-electron chi connectivity index (χ0n) is 14.4. The highest BCUT2D eigenvalue weighted by Crippen LogP contribution is 2.29. The molecule has 2 aromatic rings. The summed E-state index contributed by atoms with van der Waals surface area (Å²) in [5.41, 5.74) is 1.29. The van der Waals surface area contributed by atoms with Crippen LogP contribution in [0.2, 0.25) is 0 Å². The van der Waals surface area contributed by atoms with Crippen molar-refractivity contribution < 1.29 is 14.3 Å². The van der Waals surface area contributed by atoms with Crippen molar-refractivity contribution in [1.82, 2.24) is 4.90 Å². The van der Waals surface area contributed by atoms with E-state index in [1.807, 2.05) is 7.05 Å². The second-order valence-electron chi connectivity index (χ2n) is 6.44. The molecule has 0 radical (unpaired) electrons. The van der Waals surface area contributed by atoms with Gasteiger partial charge in [-0.25, -0.2) is 0 Å². The molecule has 0 bridgehead atoms. The largest absolute Gasteiger partial charge is 0.352 e. The standard InChI is InChI=1S/C20H25NO3/c1-15(22)21(2)12-6-11-20-23-13-17(14-24-20)19-10-5-8-16-7-3-4-9-18(16)19/h3-5,7-10,17,20H,6,11-14H2,1-2H3. The molecule has 1 fully saturated rings. The number of carbonyl (C=O) groups excluding carboxylic acids is 1. The van der Waals surface area contributed by atoms with Gasteiger partial charge in [0, 0.05) is 32.9 Å². The van der Waals surface area contributed by atoms with Crippen molar-refractivity contribution in [3.63, 3.8) is 0 Å². The first-order chi connectivity index (χ1) is 11.6. The van der Waals surface area contributed by atoms with Gasteiger partial charge in [-0.15, -0.1) is 0 Å². The fraction of sp³-hybridized carbons (Fsp3) is 0.450. The van der Waals surface area contributed by atoms with Gasteiger partial charge in [-0.2, -0.15) is 0 Å². The maximum atomic E-state index is 11.2. The van der Waals surface area contributed by atoms with Crippen LogP contribution in [0.5, 0.6) is 0 Å². The van der Waals surface area contributed by atoms with Gasteiger partial charge < -0.3 is 14.4 Å². The van der Waals surface area contributed by atoms with Gasteiger partial charge in [-0.05, 0) is 22.8 Å². The predicted octanol–water partition coefficient (Wildman–Crippen LogP) is 3.55. The second kappa shape index (κ2) is 7.77. The van der Waals surface area contributed by atoms with Crippen molar-refractivity contribution >= 4 is 16.7 Å². The van der Waals surface area contributed by atoms with Gasteiger partial charge in [0.05, 0.1) is 13.2 Å². The van der Waals surface area contributed by atoms with E-state index < -0.39 is 0 Å². The van der Waals surface area contributed by atoms with Crippen LogP contribution in [0.1, 0.15) is 31.2 Å². The molecule has 4 nitrogen and oxygen atoms in total. The molecule has 128 valence electrons. The second-order valence-corrected chi connectivity index (χ2v) is 6.44. The first-order valence-electron chi connectivity index (χ1n) is 8.57. The van der Waals surface area contributed by atoms with Gasteiger partial charge >= 0.3 is 0 Å². The number of amides is 1. The summed E-state index contributed by atoms with van der Waals surface area (Å²) in [5, 5.41) is 2.53. The SMILES string of the molecule is CC(=O)N(C)CCCC1OCC(c2cccc3ccccc23)CO1. The summed E-state index contributed by atoms with van der Waals surface area (Å²) in [7, 11) is 1.82. The molecule has 2 aromatic carbocycles. The molecule has 1 aliphatic heterocycles. The maximum absolute atomic E-state index is 11.2. The molecule has 0 atom stereocenters.